The van der Waals surface area contributed by atoms with Gasteiger partial charge in [0, 0.05) is 5.56 Å². The molecule has 1 aliphatic heterocycles. The largest absolute Gasteiger partial charge is 0.451 e. The molecule has 1 atom stereocenters. The highest BCUT2D eigenvalue weighted by Gasteiger charge is 2.31. The fourth-order valence-corrected chi connectivity index (χ4v) is 2.98. The highest BCUT2D eigenvalue weighted by molar-refractivity contribution is 6.11. The van der Waals surface area contributed by atoms with Gasteiger partial charge in [0.25, 0.3) is 11.8 Å². The number of amides is 3. The van der Waals surface area contributed by atoms with E-state index in [4.69, 9.17) is 4.74 Å². The smallest absolute Gasteiger partial charge is 0.326 e. The minimum atomic E-state index is -1.11. The number of anilines is 2. The maximum Gasteiger partial charge on any atom is 0.326 e. The Morgan fingerprint density at radius 3 is 2.69 bits per heavy atom. The number of para-hydroxylation sites is 2. The van der Waals surface area contributed by atoms with Crippen molar-refractivity contribution in [1.82, 2.24) is 5.32 Å². The lowest BCUT2D eigenvalue weighted by atomic mass is 10.1. The van der Waals surface area contributed by atoms with E-state index in [0.29, 0.717) is 16.9 Å². The zero-order valence-corrected chi connectivity index (χ0v) is 16.1. The third kappa shape index (κ3) is 4.78. The predicted molar refractivity (Wildman–Crippen MR) is 106 cm³/mol. The van der Waals surface area contributed by atoms with Crippen molar-refractivity contribution in [3.05, 3.63) is 59.7 Å². The molecule has 0 saturated heterocycles. The fraction of sp³-hybridized carbons (Fsp3) is 0.238. The van der Waals surface area contributed by atoms with Crippen LogP contribution in [-0.2, 0) is 19.1 Å². The first kappa shape index (κ1) is 20.1. The minimum absolute atomic E-state index is 0.165. The molecule has 150 valence electrons. The van der Waals surface area contributed by atoms with Gasteiger partial charge in [-0.25, -0.2) is 0 Å². The van der Waals surface area contributed by atoms with Gasteiger partial charge in [-0.05, 0) is 38.1 Å². The second-order valence-corrected chi connectivity index (χ2v) is 6.67. The van der Waals surface area contributed by atoms with Crippen LogP contribution >= 0.6 is 0 Å². The number of hydrogen-bond donors (Lipinski definition) is 2. The summed E-state index contributed by atoms with van der Waals surface area (Å²) in [5.41, 5.74) is 2.40. The number of fused-ring (bicyclic) bond motifs is 1. The van der Waals surface area contributed by atoms with Crippen molar-refractivity contribution in [1.29, 1.82) is 0 Å². The van der Waals surface area contributed by atoms with Gasteiger partial charge in [0.1, 0.15) is 13.1 Å². The van der Waals surface area contributed by atoms with Crippen molar-refractivity contribution < 1.29 is 23.9 Å². The molecule has 29 heavy (non-hydrogen) atoms. The van der Waals surface area contributed by atoms with Gasteiger partial charge in [-0.3, -0.25) is 24.1 Å². The lowest BCUT2D eigenvalue weighted by molar-refractivity contribution is -0.152. The molecule has 1 aliphatic rings. The van der Waals surface area contributed by atoms with E-state index in [1.165, 1.54) is 11.8 Å². The van der Waals surface area contributed by atoms with Crippen molar-refractivity contribution in [2.24, 2.45) is 0 Å². The molecule has 8 nitrogen and oxygen atoms in total. The third-order valence-corrected chi connectivity index (χ3v) is 4.37. The van der Waals surface area contributed by atoms with Crippen LogP contribution in [0.3, 0.4) is 0 Å². The fourth-order valence-electron chi connectivity index (χ4n) is 2.98. The van der Waals surface area contributed by atoms with Gasteiger partial charge in [-0.2, -0.15) is 0 Å². The standard InChI is InChI=1S/C21H21N3O5/c1-13-6-5-7-15(10-13)20(27)22-11-19(26)29-14(2)21(28)24-12-18(25)23-16-8-3-4-9-17(16)24/h3-10,14H,11-12H2,1-2H3,(H,22,27)(H,23,25)/t14-/m0/s1. The van der Waals surface area contributed by atoms with Crippen molar-refractivity contribution in [2.45, 2.75) is 20.0 Å². The lowest BCUT2D eigenvalue weighted by Gasteiger charge is -2.30. The average molecular weight is 395 g/mol. The number of nitrogens with one attached hydrogen (secondary N) is 2. The molecule has 0 spiro atoms. The van der Waals surface area contributed by atoms with Gasteiger partial charge in [0.15, 0.2) is 6.10 Å². The maximum absolute atomic E-state index is 12.7. The molecule has 0 radical (unpaired) electrons. The number of esters is 1. The SMILES string of the molecule is Cc1cccc(C(=O)NCC(=O)O[C@@H](C)C(=O)N2CC(=O)Nc3ccccc32)c1. The number of aryl methyl sites for hydroxylation is 1. The first-order valence-corrected chi connectivity index (χ1v) is 9.10. The van der Waals surface area contributed by atoms with Crippen molar-refractivity contribution in [2.75, 3.05) is 23.3 Å². The molecular formula is C21H21N3O5. The molecule has 0 saturated carbocycles. The van der Waals surface area contributed by atoms with E-state index < -0.39 is 23.9 Å². The molecule has 3 amide bonds. The second-order valence-electron chi connectivity index (χ2n) is 6.67. The summed E-state index contributed by atoms with van der Waals surface area (Å²) in [6, 6.07) is 13.8. The summed E-state index contributed by atoms with van der Waals surface area (Å²) < 4.78 is 5.15. The summed E-state index contributed by atoms with van der Waals surface area (Å²) in [5, 5.41) is 5.16. The molecule has 0 aliphatic carbocycles. The lowest BCUT2D eigenvalue weighted by Crippen LogP contribution is -2.47. The topological polar surface area (TPSA) is 105 Å². The van der Waals surface area contributed by atoms with Crippen LogP contribution < -0.4 is 15.5 Å². The van der Waals surface area contributed by atoms with E-state index in [9.17, 15) is 19.2 Å². The Morgan fingerprint density at radius 1 is 1.17 bits per heavy atom. The van der Waals surface area contributed by atoms with Crippen LogP contribution in [0, 0.1) is 6.92 Å². The molecule has 3 rings (SSSR count). The molecule has 0 bridgehead atoms. The third-order valence-electron chi connectivity index (χ3n) is 4.37. The molecule has 0 unspecified atom stereocenters. The van der Waals surface area contributed by atoms with Crippen LogP contribution in [0.1, 0.15) is 22.8 Å². The Balaban J connectivity index is 1.58. The number of carbonyl (C=O) groups excluding carboxylic acids is 4. The van der Waals surface area contributed by atoms with Crippen LogP contribution in [-0.4, -0.2) is 42.9 Å². The Kier molecular flexibility index (Phi) is 5.92. The van der Waals surface area contributed by atoms with Crippen LogP contribution in [0.5, 0.6) is 0 Å². The highest BCUT2D eigenvalue weighted by Crippen LogP contribution is 2.29. The van der Waals surface area contributed by atoms with E-state index >= 15 is 0 Å². The average Bonchev–Trinajstić information content (AvgIpc) is 2.70. The molecule has 2 aromatic rings. The highest BCUT2D eigenvalue weighted by atomic mass is 16.5. The molecule has 8 heteroatoms. The Morgan fingerprint density at radius 2 is 1.93 bits per heavy atom. The second kappa shape index (κ2) is 8.55. The van der Waals surface area contributed by atoms with Crippen molar-refractivity contribution in [3.8, 4) is 0 Å². The van der Waals surface area contributed by atoms with E-state index in [0.717, 1.165) is 5.56 Å². The normalized spacial score (nSPS) is 13.7. The van der Waals surface area contributed by atoms with Gasteiger partial charge < -0.3 is 15.4 Å². The number of benzene rings is 2. The van der Waals surface area contributed by atoms with E-state index in [1.54, 1.807) is 42.5 Å². The number of carbonyl (C=O) groups is 4. The van der Waals surface area contributed by atoms with Gasteiger partial charge in [0.05, 0.1) is 11.4 Å². The van der Waals surface area contributed by atoms with Crippen molar-refractivity contribution in [3.63, 3.8) is 0 Å². The quantitative estimate of drug-likeness (QED) is 0.749. The van der Waals surface area contributed by atoms with Gasteiger partial charge in [-0.1, -0.05) is 29.8 Å². The van der Waals surface area contributed by atoms with Crippen molar-refractivity contribution >= 4 is 35.1 Å². The minimum Gasteiger partial charge on any atom is -0.451 e. The number of ether oxygens (including phenoxy) is 1. The Bertz CT molecular complexity index is 972. The molecule has 0 aromatic heterocycles. The number of nitrogens with zero attached hydrogens (tertiary/aromatic N) is 1. The summed E-state index contributed by atoms with van der Waals surface area (Å²) in [5.74, 6) is -2.01. The van der Waals surface area contributed by atoms with E-state index in [-0.39, 0.29) is 19.0 Å². The molecular weight excluding hydrogens is 374 g/mol. The van der Waals surface area contributed by atoms with Crippen LogP contribution in [0.15, 0.2) is 48.5 Å². The van der Waals surface area contributed by atoms with E-state index in [1.807, 2.05) is 13.0 Å². The van der Waals surface area contributed by atoms with Crippen LogP contribution in [0.25, 0.3) is 0 Å². The number of hydrogen-bond acceptors (Lipinski definition) is 5. The zero-order chi connectivity index (χ0) is 21.0. The van der Waals surface area contributed by atoms with Gasteiger partial charge in [0.2, 0.25) is 5.91 Å². The zero-order valence-electron chi connectivity index (χ0n) is 16.1. The van der Waals surface area contributed by atoms with Gasteiger partial charge in [-0.15, -0.1) is 0 Å². The Hall–Kier alpha value is -3.68. The van der Waals surface area contributed by atoms with E-state index in [2.05, 4.69) is 10.6 Å². The summed E-state index contributed by atoms with van der Waals surface area (Å²) in [6.45, 7) is 2.75. The first-order valence-electron chi connectivity index (χ1n) is 9.10. The monoisotopic (exact) mass is 395 g/mol. The van der Waals surface area contributed by atoms with Crippen LogP contribution in [0.2, 0.25) is 0 Å². The summed E-state index contributed by atoms with van der Waals surface area (Å²) in [4.78, 5) is 50.0. The van der Waals surface area contributed by atoms with Crippen LogP contribution in [0.4, 0.5) is 11.4 Å². The summed E-state index contributed by atoms with van der Waals surface area (Å²) in [7, 11) is 0. The van der Waals surface area contributed by atoms with Gasteiger partial charge >= 0.3 is 5.97 Å². The summed E-state index contributed by atoms with van der Waals surface area (Å²) in [6.07, 6.45) is -1.11. The first-order chi connectivity index (χ1) is 13.8. The molecule has 0 fully saturated rings. The number of rotatable bonds is 5. The Labute approximate surface area is 167 Å². The molecule has 2 N–H and O–H groups in total. The maximum atomic E-state index is 12.7. The molecule has 2 aromatic carbocycles. The predicted octanol–water partition coefficient (Wildman–Crippen LogP) is 1.64. The molecule has 1 heterocycles. The summed E-state index contributed by atoms with van der Waals surface area (Å²) >= 11 is 0.